The highest BCUT2D eigenvalue weighted by atomic mass is 35.5. The number of nitrogens with zero attached hydrogens (tertiary/aromatic N) is 1. The van der Waals surface area contributed by atoms with Crippen molar-refractivity contribution in [3.05, 3.63) is 69.3 Å². The van der Waals surface area contributed by atoms with Crippen LogP contribution in [0.3, 0.4) is 0 Å². The van der Waals surface area contributed by atoms with Crippen LogP contribution in [0.15, 0.2) is 59.3 Å². The Morgan fingerprint density at radius 2 is 1.57 bits per heavy atom. The van der Waals surface area contributed by atoms with E-state index in [0.29, 0.717) is 10.7 Å². The lowest BCUT2D eigenvalue weighted by molar-refractivity contribution is -0.120. The second-order valence-corrected chi connectivity index (χ2v) is 5.94. The first-order valence-electron chi connectivity index (χ1n) is 6.54. The summed E-state index contributed by atoms with van der Waals surface area (Å²) in [7, 11) is 0. The minimum Gasteiger partial charge on any atom is -0.350 e. The highest BCUT2D eigenvalue weighted by Gasteiger charge is 2.39. The molecule has 0 bridgehead atoms. The standard InChI is InChI=1S/C16H9Cl3N2O2/c17-9-6-7-11(18)12(8-9)21-15(22)13(19)14(16(21)23)20-10-4-2-1-3-5-10/h1-8,20H. The van der Waals surface area contributed by atoms with E-state index in [0.717, 1.165) is 4.90 Å². The normalized spacial score (nSPS) is 14.7. The Balaban J connectivity index is 1.97. The van der Waals surface area contributed by atoms with Gasteiger partial charge < -0.3 is 5.32 Å². The van der Waals surface area contributed by atoms with Crippen molar-refractivity contribution in [3.8, 4) is 0 Å². The maximum atomic E-state index is 12.6. The molecule has 0 unspecified atom stereocenters. The molecule has 116 valence electrons. The van der Waals surface area contributed by atoms with Crippen molar-refractivity contribution in [1.29, 1.82) is 0 Å². The molecule has 0 aromatic heterocycles. The Bertz CT molecular complexity index is 834. The number of para-hydroxylation sites is 1. The minimum absolute atomic E-state index is 0.00101. The van der Waals surface area contributed by atoms with E-state index in [2.05, 4.69) is 5.32 Å². The van der Waals surface area contributed by atoms with Crippen LogP contribution in [0.1, 0.15) is 0 Å². The molecule has 7 heteroatoms. The fraction of sp³-hybridized carbons (Fsp3) is 0. The Morgan fingerprint density at radius 3 is 2.26 bits per heavy atom. The topological polar surface area (TPSA) is 49.4 Å². The Labute approximate surface area is 147 Å². The lowest BCUT2D eigenvalue weighted by Gasteiger charge is -2.16. The van der Waals surface area contributed by atoms with E-state index >= 15 is 0 Å². The molecule has 2 amide bonds. The van der Waals surface area contributed by atoms with E-state index in [1.807, 2.05) is 6.07 Å². The predicted octanol–water partition coefficient (Wildman–Crippen LogP) is 4.43. The van der Waals surface area contributed by atoms with Crippen molar-refractivity contribution in [1.82, 2.24) is 0 Å². The van der Waals surface area contributed by atoms with Gasteiger partial charge in [-0.1, -0.05) is 53.0 Å². The molecule has 1 N–H and O–H groups in total. The van der Waals surface area contributed by atoms with Gasteiger partial charge in [0.1, 0.15) is 10.7 Å². The number of carbonyl (C=O) groups is 2. The number of benzene rings is 2. The Morgan fingerprint density at radius 1 is 0.870 bits per heavy atom. The molecule has 2 aromatic rings. The van der Waals surface area contributed by atoms with Gasteiger partial charge in [0.05, 0.1) is 10.7 Å². The molecular weight excluding hydrogens is 359 g/mol. The average molecular weight is 368 g/mol. The summed E-state index contributed by atoms with van der Waals surface area (Å²) in [6, 6.07) is 13.4. The van der Waals surface area contributed by atoms with E-state index in [4.69, 9.17) is 34.8 Å². The van der Waals surface area contributed by atoms with Gasteiger partial charge in [-0.05, 0) is 30.3 Å². The fourth-order valence-corrected chi connectivity index (χ4v) is 2.73. The van der Waals surface area contributed by atoms with Gasteiger partial charge >= 0.3 is 0 Å². The molecule has 1 aliphatic rings. The molecule has 23 heavy (non-hydrogen) atoms. The summed E-state index contributed by atoms with van der Waals surface area (Å²) in [6.07, 6.45) is 0. The van der Waals surface area contributed by atoms with Gasteiger partial charge in [-0.15, -0.1) is 0 Å². The molecule has 0 radical (unpaired) electrons. The minimum atomic E-state index is -0.653. The number of hydrogen-bond donors (Lipinski definition) is 1. The van der Waals surface area contributed by atoms with Crippen LogP contribution in [0.5, 0.6) is 0 Å². The van der Waals surface area contributed by atoms with Gasteiger partial charge in [-0.25, -0.2) is 4.90 Å². The molecule has 0 saturated heterocycles. The number of imide groups is 1. The van der Waals surface area contributed by atoms with Crippen molar-refractivity contribution >= 4 is 58.0 Å². The van der Waals surface area contributed by atoms with E-state index < -0.39 is 11.8 Å². The van der Waals surface area contributed by atoms with E-state index in [1.54, 1.807) is 30.3 Å². The highest BCUT2D eigenvalue weighted by Crippen LogP contribution is 2.35. The zero-order chi connectivity index (χ0) is 16.6. The number of amides is 2. The first-order valence-corrected chi connectivity index (χ1v) is 7.68. The fourth-order valence-electron chi connectivity index (χ4n) is 2.15. The molecule has 0 aliphatic carbocycles. The van der Waals surface area contributed by atoms with Crippen LogP contribution in [-0.4, -0.2) is 11.8 Å². The Kier molecular flexibility index (Phi) is 4.31. The van der Waals surface area contributed by atoms with Crippen molar-refractivity contribution in [3.63, 3.8) is 0 Å². The van der Waals surface area contributed by atoms with E-state index in [-0.39, 0.29) is 21.4 Å². The largest absolute Gasteiger partial charge is 0.350 e. The summed E-state index contributed by atoms with van der Waals surface area (Å²) in [5.41, 5.74) is 0.830. The third kappa shape index (κ3) is 2.93. The van der Waals surface area contributed by atoms with Crippen molar-refractivity contribution < 1.29 is 9.59 Å². The zero-order valence-electron chi connectivity index (χ0n) is 11.5. The van der Waals surface area contributed by atoms with Crippen LogP contribution in [0.4, 0.5) is 11.4 Å². The number of rotatable bonds is 3. The Hall–Kier alpha value is -2.01. The van der Waals surface area contributed by atoms with Gasteiger partial charge in [0.2, 0.25) is 0 Å². The van der Waals surface area contributed by atoms with Crippen LogP contribution in [-0.2, 0) is 9.59 Å². The molecule has 0 atom stereocenters. The third-order valence-corrected chi connectivity index (χ3v) is 4.12. The number of hydrogen-bond acceptors (Lipinski definition) is 3. The maximum absolute atomic E-state index is 12.6. The number of nitrogens with one attached hydrogen (secondary N) is 1. The van der Waals surface area contributed by atoms with Crippen LogP contribution in [0, 0.1) is 0 Å². The van der Waals surface area contributed by atoms with E-state index in [9.17, 15) is 9.59 Å². The van der Waals surface area contributed by atoms with Crippen LogP contribution in [0.2, 0.25) is 10.0 Å². The molecule has 0 fully saturated rings. The molecule has 2 aromatic carbocycles. The second-order valence-electron chi connectivity index (χ2n) is 4.72. The molecule has 3 rings (SSSR count). The first kappa shape index (κ1) is 15.9. The second kappa shape index (κ2) is 6.24. The number of halogens is 3. The molecule has 0 spiro atoms. The average Bonchev–Trinajstić information content (AvgIpc) is 2.75. The lowest BCUT2D eigenvalue weighted by atomic mass is 10.3. The summed E-state index contributed by atoms with van der Waals surface area (Å²) >= 11 is 18.0. The quantitative estimate of drug-likeness (QED) is 0.817. The molecule has 0 saturated carbocycles. The summed E-state index contributed by atoms with van der Waals surface area (Å²) in [6.45, 7) is 0. The highest BCUT2D eigenvalue weighted by molar-refractivity contribution is 6.54. The van der Waals surface area contributed by atoms with Crippen molar-refractivity contribution in [2.24, 2.45) is 0 Å². The van der Waals surface area contributed by atoms with Crippen molar-refractivity contribution in [2.75, 3.05) is 10.2 Å². The van der Waals surface area contributed by atoms with E-state index in [1.165, 1.54) is 12.1 Å². The SMILES string of the molecule is O=C1C(Cl)=C(Nc2ccccc2)C(=O)N1c1cc(Cl)ccc1Cl. The van der Waals surface area contributed by atoms with Crippen LogP contribution < -0.4 is 10.2 Å². The summed E-state index contributed by atoms with van der Waals surface area (Å²) in [4.78, 5) is 25.9. The summed E-state index contributed by atoms with van der Waals surface area (Å²) in [5, 5.41) is 3.24. The lowest BCUT2D eigenvalue weighted by Crippen LogP contribution is -2.32. The molecule has 4 nitrogen and oxygen atoms in total. The zero-order valence-corrected chi connectivity index (χ0v) is 13.8. The van der Waals surface area contributed by atoms with Crippen molar-refractivity contribution in [2.45, 2.75) is 0 Å². The molecule has 1 aliphatic heterocycles. The monoisotopic (exact) mass is 366 g/mol. The van der Waals surface area contributed by atoms with Gasteiger partial charge in [0, 0.05) is 10.7 Å². The third-order valence-electron chi connectivity index (χ3n) is 3.22. The van der Waals surface area contributed by atoms with Gasteiger partial charge in [-0.3, -0.25) is 9.59 Å². The maximum Gasteiger partial charge on any atom is 0.283 e. The predicted molar refractivity (Wildman–Crippen MR) is 91.9 cm³/mol. The van der Waals surface area contributed by atoms with Gasteiger partial charge in [0.15, 0.2) is 0 Å². The van der Waals surface area contributed by atoms with Gasteiger partial charge in [0.25, 0.3) is 11.8 Å². The summed E-state index contributed by atoms with van der Waals surface area (Å²) < 4.78 is 0. The van der Waals surface area contributed by atoms with Crippen LogP contribution >= 0.6 is 34.8 Å². The number of carbonyl (C=O) groups excluding carboxylic acids is 2. The molecular formula is C16H9Cl3N2O2. The first-order chi connectivity index (χ1) is 11.0. The smallest absolute Gasteiger partial charge is 0.283 e. The van der Waals surface area contributed by atoms with Crippen LogP contribution in [0.25, 0.3) is 0 Å². The molecule has 1 heterocycles. The van der Waals surface area contributed by atoms with Gasteiger partial charge in [-0.2, -0.15) is 0 Å². The number of anilines is 2. The summed E-state index contributed by atoms with van der Waals surface area (Å²) in [5.74, 6) is -1.24.